The van der Waals surface area contributed by atoms with Gasteiger partial charge >= 0.3 is 0 Å². The fourth-order valence-electron chi connectivity index (χ4n) is 1.66. The number of hydrogen-bond acceptors (Lipinski definition) is 8. The summed E-state index contributed by atoms with van der Waals surface area (Å²) in [6.45, 7) is 13.0. The number of alkyl halides is 1. The average molecular weight is 558 g/mol. The number of methoxy groups -OCH3 is 4. The first-order chi connectivity index (χ1) is 16.5. The van der Waals surface area contributed by atoms with Crippen LogP contribution in [0.15, 0.2) is 38.0 Å². The number of aliphatic hydroxyl groups excluding tert-OH is 1. The average Bonchev–Trinajstić information content (AvgIpc) is 2.87. The van der Waals surface area contributed by atoms with Gasteiger partial charge in [-0.2, -0.15) is 0 Å². The van der Waals surface area contributed by atoms with Gasteiger partial charge in [-0.1, -0.05) is 34.2 Å². The van der Waals surface area contributed by atoms with E-state index in [2.05, 4.69) is 35.7 Å². The molecule has 0 aromatic heterocycles. The van der Waals surface area contributed by atoms with Crippen LogP contribution in [0.4, 0.5) is 0 Å². The second-order valence-electron chi connectivity index (χ2n) is 6.29. The summed E-state index contributed by atoms with van der Waals surface area (Å²) in [5.74, 6) is 0. The zero-order valence-corrected chi connectivity index (χ0v) is 23.3. The van der Waals surface area contributed by atoms with Crippen molar-refractivity contribution in [3.05, 3.63) is 38.0 Å². The van der Waals surface area contributed by atoms with E-state index in [-0.39, 0.29) is 25.8 Å². The predicted molar refractivity (Wildman–Crippen MR) is 142 cm³/mol. The van der Waals surface area contributed by atoms with E-state index in [9.17, 15) is 4.79 Å². The number of carbonyl (C=O) groups is 1. The Bertz CT molecular complexity index is 374. The zero-order valence-electron chi connectivity index (χ0n) is 21.8. The molecule has 0 radical (unpaired) electrons. The van der Waals surface area contributed by atoms with Crippen molar-refractivity contribution in [2.75, 3.05) is 66.8 Å². The number of unbranched alkanes of at least 4 members (excludes halogenated alkanes) is 3. The molecule has 0 spiro atoms. The molecule has 0 saturated carbocycles. The minimum atomic E-state index is -0.242. The first kappa shape index (κ1) is 40.3. The summed E-state index contributed by atoms with van der Waals surface area (Å²) in [4.78, 5) is 9.69. The van der Waals surface area contributed by atoms with E-state index in [1.807, 2.05) is 12.2 Å². The van der Waals surface area contributed by atoms with Gasteiger partial charge in [0.15, 0.2) is 12.6 Å². The van der Waals surface area contributed by atoms with Crippen LogP contribution in [0.2, 0.25) is 0 Å². The number of rotatable bonds is 20. The highest BCUT2D eigenvalue weighted by Crippen LogP contribution is 1.95. The summed E-state index contributed by atoms with van der Waals surface area (Å²) in [5, 5.41) is 8.87. The van der Waals surface area contributed by atoms with Gasteiger partial charge in [0.25, 0.3) is 0 Å². The summed E-state index contributed by atoms with van der Waals surface area (Å²) in [7, 11) is 6.41. The predicted octanol–water partition coefficient (Wildman–Crippen LogP) is 4.70. The van der Waals surface area contributed by atoms with Gasteiger partial charge in [0, 0.05) is 48.3 Å². The van der Waals surface area contributed by atoms with Crippen molar-refractivity contribution in [2.24, 2.45) is 0 Å². The lowest BCUT2D eigenvalue weighted by molar-refractivity contribution is -0.140. The van der Waals surface area contributed by atoms with E-state index in [4.69, 9.17) is 33.5 Å². The number of aliphatic hydroxyl groups is 1. The molecule has 0 aromatic carbocycles. The highest BCUT2D eigenvalue weighted by molar-refractivity contribution is 9.09. The molecule has 8 nitrogen and oxygen atoms in total. The Morgan fingerprint density at radius 1 is 0.765 bits per heavy atom. The maximum absolute atomic E-state index is 9.69. The van der Waals surface area contributed by atoms with Gasteiger partial charge in [-0.3, -0.25) is 0 Å². The van der Waals surface area contributed by atoms with Crippen molar-refractivity contribution in [1.82, 2.24) is 0 Å². The number of aldehydes is 1. The number of halogens is 1. The first-order valence-corrected chi connectivity index (χ1v) is 12.3. The minimum absolute atomic E-state index is 0.0972. The minimum Gasteiger partial charge on any atom is -0.396 e. The summed E-state index contributed by atoms with van der Waals surface area (Å²) in [5.41, 5.74) is 0. The summed E-state index contributed by atoms with van der Waals surface area (Å²) < 4.78 is 29.6. The number of hydrogen-bond donors (Lipinski definition) is 1. The van der Waals surface area contributed by atoms with Crippen molar-refractivity contribution >= 4 is 22.2 Å². The van der Waals surface area contributed by atoms with Crippen LogP contribution in [0.5, 0.6) is 0 Å². The van der Waals surface area contributed by atoms with Crippen LogP contribution in [-0.2, 0) is 33.2 Å². The molecule has 0 heterocycles. The molecule has 0 unspecified atom stereocenters. The molecule has 204 valence electrons. The first-order valence-electron chi connectivity index (χ1n) is 11.2. The molecule has 1 N–H and O–H groups in total. The lowest BCUT2D eigenvalue weighted by Crippen LogP contribution is -2.20. The quantitative estimate of drug-likeness (QED) is 0.0757. The molecule has 9 heteroatoms. The molecule has 0 fully saturated rings. The van der Waals surface area contributed by atoms with Gasteiger partial charge < -0.3 is 38.3 Å². The van der Waals surface area contributed by atoms with Gasteiger partial charge in [0.2, 0.25) is 0 Å². The Kier molecular flexibility index (Phi) is 50.1. The molecule has 0 aliphatic heterocycles. The van der Waals surface area contributed by atoms with Crippen LogP contribution >= 0.6 is 15.9 Å². The van der Waals surface area contributed by atoms with Crippen molar-refractivity contribution in [3.63, 3.8) is 0 Å². The molecule has 0 rings (SSSR count). The zero-order chi connectivity index (χ0) is 26.7. The van der Waals surface area contributed by atoms with Gasteiger partial charge in [0.1, 0.15) is 12.9 Å². The molecule has 34 heavy (non-hydrogen) atoms. The van der Waals surface area contributed by atoms with Crippen LogP contribution in [0.1, 0.15) is 38.5 Å². The van der Waals surface area contributed by atoms with Crippen molar-refractivity contribution in [1.29, 1.82) is 0 Å². The molecule has 0 atom stereocenters. The fourth-order valence-corrected chi connectivity index (χ4v) is 2.19. The summed E-state index contributed by atoms with van der Waals surface area (Å²) in [6.07, 6.45) is 11.6. The van der Waals surface area contributed by atoms with E-state index >= 15 is 0 Å². The molecule has 0 aliphatic carbocycles. The molecule has 0 aromatic rings. The monoisotopic (exact) mass is 556 g/mol. The third kappa shape index (κ3) is 44.7. The van der Waals surface area contributed by atoms with E-state index < -0.39 is 0 Å². The van der Waals surface area contributed by atoms with Crippen LogP contribution in [0.3, 0.4) is 0 Å². The van der Waals surface area contributed by atoms with E-state index in [1.165, 1.54) is 0 Å². The highest BCUT2D eigenvalue weighted by atomic mass is 79.9. The molecule has 0 saturated heterocycles. The Hall–Kier alpha value is -0.910. The Balaban J connectivity index is -0.000000183. The fraction of sp³-hybridized carbons (Fsp3) is 0.720. The van der Waals surface area contributed by atoms with Gasteiger partial charge in [-0.25, -0.2) is 0 Å². The molecule has 0 bridgehead atoms. The lowest BCUT2D eigenvalue weighted by atomic mass is 10.3. The third-order valence-corrected chi connectivity index (χ3v) is 4.11. The highest BCUT2D eigenvalue weighted by Gasteiger charge is 2.03. The number of ether oxygens (including phenoxy) is 6. The van der Waals surface area contributed by atoms with Crippen molar-refractivity contribution < 1.29 is 38.3 Å². The maximum atomic E-state index is 9.69. The largest absolute Gasteiger partial charge is 0.396 e. The van der Waals surface area contributed by atoms with Crippen LogP contribution in [-0.4, -0.2) is 90.8 Å². The summed E-state index contributed by atoms with van der Waals surface area (Å²) >= 11 is 3.19. The maximum Gasteiger partial charge on any atom is 0.180 e. The van der Waals surface area contributed by atoms with Crippen LogP contribution in [0.25, 0.3) is 0 Å². The van der Waals surface area contributed by atoms with Crippen molar-refractivity contribution in [3.8, 4) is 0 Å². The second kappa shape index (κ2) is 42.3. The van der Waals surface area contributed by atoms with E-state index in [1.54, 1.807) is 34.5 Å². The van der Waals surface area contributed by atoms with E-state index in [0.717, 1.165) is 56.7 Å². The second-order valence-corrected chi connectivity index (χ2v) is 6.94. The van der Waals surface area contributed by atoms with Crippen LogP contribution in [0, 0.1) is 0 Å². The smallest absolute Gasteiger partial charge is 0.180 e. The normalized spacial score (nSPS) is 9.65. The third-order valence-electron chi connectivity index (χ3n) is 3.58. The number of allylic oxidation sites excluding steroid dienone is 3. The molecule has 0 aliphatic rings. The SMILES string of the molecule is C=CCCCO.C=CCCCOCC(OC)OC.C=CCCCOCC=O.COC(CBr)OC. The Labute approximate surface area is 216 Å². The lowest BCUT2D eigenvalue weighted by Gasteiger charge is -2.12. The van der Waals surface area contributed by atoms with Gasteiger partial charge in [-0.15, -0.1) is 19.7 Å². The van der Waals surface area contributed by atoms with Gasteiger partial charge in [-0.05, 0) is 38.5 Å². The van der Waals surface area contributed by atoms with Gasteiger partial charge in [0.05, 0.1) is 11.9 Å². The van der Waals surface area contributed by atoms with Crippen LogP contribution < -0.4 is 0 Å². The van der Waals surface area contributed by atoms with E-state index in [0.29, 0.717) is 13.2 Å². The van der Waals surface area contributed by atoms with Crippen molar-refractivity contribution in [2.45, 2.75) is 51.1 Å². The summed E-state index contributed by atoms with van der Waals surface area (Å²) in [6, 6.07) is 0. The number of carbonyl (C=O) groups excluding carboxylic acids is 1. The molecule has 0 amide bonds. The topological polar surface area (TPSA) is 92.7 Å². The Morgan fingerprint density at radius 3 is 1.50 bits per heavy atom. The standard InChI is InChI=1S/C9H18O3.C7H12O2.C5H10O.C4H9BrO2/c1-4-5-6-7-12-8-9(10-2)11-3;1-2-3-4-6-9-7-5-8;1-2-3-4-5-6;1-6-4(3-5)7-2/h4,9H,1,5-8H2,2-3H3;2,5H,1,3-4,6-7H2;2,6H,1,3-5H2;4H,3H2,1-2H3. The molecular formula is C25H49BrO8. The Morgan fingerprint density at radius 2 is 1.21 bits per heavy atom. The molecular weight excluding hydrogens is 508 g/mol.